The summed E-state index contributed by atoms with van der Waals surface area (Å²) in [7, 11) is 0. The molecule has 0 unspecified atom stereocenters. The second kappa shape index (κ2) is 10.7. The molecule has 2 aliphatic rings. The lowest BCUT2D eigenvalue weighted by Crippen LogP contribution is -2.58. The lowest BCUT2D eigenvalue weighted by Gasteiger charge is -2.26. The molecule has 2 heterocycles. The van der Waals surface area contributed by atoms with E-state index in [1.807, 2.05) is 0 Å². The quantitative estimate of drug-likeness (QED) is 0.306. The van der Waals surface area contributed by atoms with Gasteiger partial charge in [0.2, 0.25) is 0 Å². The Morgan fingerprint density at radius 3 is 2.36 bits per heavy atom. The molecule has 1 aromatic rings. The molecular weight excluding hydrogens is 505 g/mol. The van der Waals surface area contributed by atoms with Gasteiger partial charge in [0, 0.05) is 37.2 Å². The second-order valence-electron chi connectivity index (χ2n) is 8.42. The topological polar surface area (TPSA) is 96.2 Å². The van der Waals surface area contributed by atoms with E-state index >= 15 is 0 Å². The Hall–Kier alpha value is -2.68. The summed E-state index contributed by atoms with van der Waals surface area (Å²) >= 11 is 0. The van der Waals surface area contributed by atoms with Crippen molar-refractivity contribution in [3.8, 4) is 0 Å². The number of carbonyl (C=O) groups is 2. The van der Waals surface area contributed by atoms with Gasteiger partial charge in [-0.25, -0.2) is 5.43 Å². The van der Waals surface area contributed by atoms with Crippen molar-refractivity contribution in [2.24, 2.45) is 5.10 Å². The third-order valence-corrected chi connectivity index (χ3v) is 5.90. The van der Waals surface area contributed by atoms with Gasteiger partial charge in [0.25, 0.3) is 5.91 Å². The van der Waals surface area contributed by atoms with Crippen LogP contribution in [0.15, 0.2) is 9.52 Å². The van der Waals surface area contributed by atoms with E-state index < -0.39 is 29.8 Å². The number of alkyl halides is 7. The number of hydrogen-bond donors (Lipinski definition) is 2. The van der Waals surface area contributed by atoms with Crippen molar-refractivity contribution in [2.45, 2.75) is 50.6 Å². The first-order chi connectivity index (χ1) is 16.8. The van der Waals surface area contributed by atoms with E-state index in [1.165, 1.54) is 6.92 Å². The molecule has 1 saturated heterocycles. The largest absolute Gasteiger partial charge is 0.460 e. The summed E-state index contributed by atoms with van der Waals surface area (Å²) in [5.74, 6) is -15.9. The van der Waals surface area contributed by atoms with E-state index in [1.54, 1.807) is 0 Å². The molecular formula is C21H25F7N4O4. The van der Waals surface area contributed by atoms with Crippen molar-refractivity contribution >= 4 is 17.5 Å². The van der Waals surface area contributed by atoms with Gasteiger partial charge in [-0.3, -0.25) is 14.5 Å². The molecule has 3 rings (SSSR count). The maximum absolute atomic E-state index is 13.6. The Bertz CT molecular complexity index is 1000. The molecule has 0 bridgehead atoms. The van der Waals surface area contributed by atoms with Crippen LogP contribution < -0.4 is 10.7 Å². The number of nitrogens with zero attached hydrogens (tertiary/aromatic N) is 2. The molecule has 0 atom stereocenters. The minimum atomic E-state index is -6.65. The minimum Gasteiger partial charge on any atom is -0.455 e. The number of halogens is 7. The lowest BCUT2D eigenvalue weighted by atomic mass is 9.93. The van der Waals surface area contributed by atoms with Crippen LogP contribution in [0, 0.1) is 6.92 Å². The average molecular weight is 530 g/mol. The number of hydrogen-bond acceptors (Lipinski definition) is 6. The van der Waals surface area contributed by atoms with E-state index in [0.29, 0.717) is 39.0 Å². The fraction of sp³-hybridized carbons (Fsp3) is 0.667. The number of rotatable bonds is 8. The molecule has 0 radical (unpaired) electrons. The Kier molecular flexibility index (Phi) is 8.33. The monoisotopic (exact) mass is 530 g/mol. The Morgan fingerprint density at radius 2 is 1.72 bits per heavy atom. The van der Waals surface area contributed by atoms with E-state index in [4.69, 9.17) is 9.15 Å². The Labute approximate surface area is 201 Å². The summed E-state index contributed by atoms with van der Waals surface area (Å²) < 4.78 is 101. The molecule has 15 heteroatoms. The first-order valence-corrected chi connectivity index (χ1v) is 11.2. The molecule has 202 valence electrons. The van der Waals surface area contributed by atoms with Crippen LogP contribution in [0.25, 0.3) is 0 Å². The SMILES string of the molecule is Cc1c(C(=O)NCCCN2CCOCC2)oc2c1/C(=N/NC(=O)C(F)(F)C(F)(F)C(F)(F)F)CCC2. The van der Waals surface area contributed by atoms with E-state index in [-0.39, 0.29) is 34.8 Å². The van der Waals surface area contributed by atoms with Gasteiger partial charge in [-0.2, -0.15) is 35.8 Å². The Balaban J connectivity index is 1.67. The van der Waals surface area contributed by atoms with E-state index in [2.05, 4.69) is 15.3 Å². The summed E-state index contributed by atoms with van der Waals surface area (Å²) in [4.78, 5) is 26.3. The van der Waals surface area contributed by atoms with Crippen LogP contribution in [0.1, 0.15) is 46.7 Å². The standard InChI is InChI=1S/C21H25F7N4O4/c1-12-15-13(30-31-18(34)19(22,23)20(24,25)21(26,27)28)4-2-5-14(15)36-16(12)17(33)29-6-3-7-32-8-10-35-11-9-32/h2-11H2,1H3,(H,29,33)(H,31,34)/b30-13+. The highest BCUT2D eigenvalue weighted by Crippen LogP contribution is 2.46. The number of nitrogens with one attached hydrogen (secondary N) is 2. The molecule has 2 amide bonds. The van der Waals surface area contributed by atoms with Gasteiger partial charge in [0.05, 0.1) is 18.9 Å². The van der Waals surface area contributed by atoms with Gasteiger partial charge in [-0.05, 0) is 32.7 Å². The fourth-order valence-electron chi connectivity index (χ4n) is 3.92. The van der Waals surface area contributed by atoms with Crippen molar-refractivity contribution in [2.75, 3.05) is 39.4 Å². The van der Waals surface area contributed by atoms with Crippen LogP contribution in [0.5, 0.6) is 0 Å². The number of aryl methyl sites for hydroxylation is 1. The zero-order valence-corrected chi connectivity index (χ0v) is 19.2. The molecule has 36 heavy (non-hydrogen) atoms. The molecule has 1 aromatic heterocycles. The number of furan rings is 1. The fourth-order valence-corrected chi connectivity index (χ4v) is 3.92. The third kappa shape index (κ3) is 5.66. The number of hydrazone groups is 1. The summed E-state index contributed by atoms with van der Waals surface area (Å²) in [5, 5.41) is 6.09. The number of amides is 2. The summed E-state index contributed by atoms with van der Waals surface area (Å²) in [5.41, 5.74) is 1.52. The first-order valence-electron chi connectivity index (χ1n) is 11.2. The van der Waals surface area contributed by atoms with E-state index in [0.717, 1.165) is 25.1 Å². The maximum atomic E-state index is 13.6. The van der Waals surface area contributed by atoms with Crippen LogP contribution in [0.4, 0.5) is 30.7 Å². The highest BCUT2D eigenvalue weighted by Gasteiger charge is 2.76. The minimum absolute atomic E-state index is 0.0683. The molecule has 0 spiro atoms. The number of carbonyl (C=O) groups excluding carboxylic acids is 2. The number of fused-ring (bicyclic) bond motifs is 1. The Morgan fingerprint density at radius 1 is 1.06 bits per heavy atom. The average Bonchev–Trinajstić information content (AvgIpc) is 3.17. The molecule has 0 aromatic carbocycles. The van der Waals surface area contributed by atoms with Crippen molar-refractivity contribution in [3.05, 3.63) is 22.6 Å². The second-order valence-corrected chi connectivity index (χ2v) is 8.42. The van der Waals surface area contributed by atoms with Gasteiger partial charge in [0.1, 0.15) is 5.76 Å². The third-order valence-electron chi connectivity index (χ3n) is 5.90. The van der Waals surface area contributed by atoms with Crippen LogP contribution in [0.3, 0.4) is 0 Å². The normalized spacial score (nSPS) is 18.7. The zero-order valence-electron chi connectivity index (χ0n) is 19.2. The van der Waals surface area contributed by atoms with Crippen molar-refractivity contribution in [3.63, 3.8) is 0 Å². The molecule has 1 aliphatic heterocycles. The number of morpholine rings is 1. The molecule has 1 aliphatic carbocycles. The summed E-state index contributed by atoms with van der Waals surface area (Å²) in [6, 6.07) is 0. The van der Waals surface area contributed by atoms with Gasteiger partial charge < -0.3 is 14.5 Å². The number of ether oxygens (including phenoxy) is 1. The molecule has 2 N–H and O–H groups in total. The van der Waals surface area contributed by atoms with Gasteiger partial charge >= 0.3 is 23.9 Å². The first kappa shape index (κ1) is 27.9. The van der Waals surface area contributed by atoms with Gasteiger partial charge in [0.15, 0.2) is 5.76 Å². The molecule has 0 saturated carbocycles. The van der Waals surface area contributed by atoms with Crippen molar-refractivity contribution < 1.29 is 49.5 Å². The van der Waals surface area contributed by atoms with Gasteiger partial charge in [-0.15, -0.1) is 0 Å². The molecule has 1 fully saturated rings. The smallest absolute Gasteiger partial charge is 0.455 e. The predicted molar refractivity (Wildman–Crippen MR) is 111 cm³/mol. The van der Waals surface area contributed by atoms with Gasteiger partial charge in [-0.1, -0.05) is 0 Å². The van der Waals surface area contributed by atoms with Crippen LogP contribution in [-0.2, 0) is 16.0 Å². The van der Waals surface area contributed by atoms with Crippen LogP contribution in [0.2, 0.25) is 0 Å². The van der Waals surface area contributed by atoms with E-state index in [9.17, 15) is 40.3 Å². The highest BCUT2D eigenvalue weighted by atomic mass is 19.4. The predicted octanol–water partition coefficient (Wildman–Crippen LogP) is 3.03. The van der Waals surface area contributed by atoms with Crippen LogP contribution in [-0.4, -0.2) is 79.8 Å². The lowest BCUT2D eigenvalue weighted by molar-refractivity contribution is -0.344. The van der Waals surface area contributed by atoms with Crippen LogP contribution >= 0.6 is 0 Å². The maximum Gasteiger partial charge on any atom is 0.460 e. The zero-order chi connectivity index (χ0) is 26.7. The summed E-state index contributed by atoms with van der Waals surface area (Å²) in [6.45, 7) is 5.49. The van der Waals surface area contributed by atoms with Crippen molar-refractivity contribution in [1.29, 1.82) is 0 Å². The van der Waals surface area contributed by atoms with Crippen molar-refractivity contribution in [1.82, 2.24) is 15.6 Å². The summed E-state index contributed by atoms with van der Waals surface area (Å²) in [6.07, 6.45) is -5.21. The highest BCUT2D eigenvalue weighted by molar-refractivity contribution is 6.06. The molecule has 8 nitrogen and oxygen atoms in total.